The number of carboxylic acid groups (broad SMARTS) is 1. The van der Waals surface area contributed by atoms with Crippen molar-refractivity contribution in [2.45, 2.75) is 23.8 Å². The molecule has 1 atom stereocenters. The Morgan fingerprint density at radius 1 is 1.32 bits per heavy atom. The normalized spacial score (nSPS) is 15.6. The molecule has 6 heteroatoms. The molecule has 1 aliphatic carbocycles. The van der Waals surface area contributed by atoms with Crippen molar-refractivity contribution in [2.24, 2.45) is 5.92 Å². The summed E-state index contributed by atoms with van der Waals surface area (Å²) in [5.41, 5.74) is 0.648. The Morgan fingerprint density at radius 2 is 1.95 bits per heavy atom. The number of anilines is 1. The van der Waals surface area contributed by atoms with E-state index in [2.05, 4.69) is 10.6 Å². The van der Waals surface area contributed by atoms with E-state index in [0.29, 0.717) is 5.69 Å². The van der Waals surface area contributed by atoms with Crippen LogP contribution in [0.25, 0.3) is 0 Å². The first kappa shape index (κ1) is 13.7. The van der Waals surface area contributed by atoms with Gasteiger partial charge in [0.05, 0.1) is 0 Å². The molecule has 1 aromatic rings. The van der Waals surface area contributed by atoms with Crippen molar-refractivity contribution < 1.29 is 14.7 Å². The Balaban J connectivity index is 1.90. The van der Waals surface area contributed by atoms with Crippen molar-refractivity contribution >= 4 is 29.4 Å². The van der Waals surface area contributed by atoms with Crippen LogP contribution in [0.5, 0.6) is 0 Å². The summed E-state index contributed by atoms with van der Waals surface area (Å²) in [6.07, 6.45) is 3.70. The molecule has 1 saturated carbocycles. The van der Waals surface area contributed by atoms with Crippen molar-refractivity contribution in [1.82, 2.24) is 5.32 Å². The highest BCUT2D eigenvalue weighted by atomic mass is 32.2. The number of benzene rings is 1. The molecule has 0 bridgehead atoms. The number of carbonyl (C=O) groups is 2. The molecule has 19 heavy (non-hydrogen) atoms. The summed E-state index contributed by atoms with van der Waals surface area (Å²) in [7, 11) is 0. The molecular weight excluding hydrogens is 264 g/mol. The summed E-state index contributed by atoms with van der Waals surface area (Å²) in [4.78, 5) is 23.8. The summed E-state index contributed by atoms with van der Waals surface area (Å²) in [5, 5.41) is 14.2. The molecule has 3 N–H and O–H groups in total. The lowest BCUT2D eigenvalue weighted by Gasteiger charge is -2.14. The minimum atomic E-state index is -0.976. The maximum Gasteiger partial charge on any atom is 0.326 e. The van der Waals surface area contributed by atoms with Gasteiger partial charge in [0.25, 0.3) is 0 Å². The molecule has 1 aliphatic rings. The molecule has 1 unspecified atom stereocenters. The van der Waals surface area contributed by atoms with Crippen LogP contribution in [0.3, 0.4) is 0 Å². The fraction of sp³-hybridized carbons (Fsp3) is 0.385. The summed E-state index contributed by atoms with van der Waals surface area (Å²) >= 11 is 1.62. The third-order valence-electron chi connectivity index (χ3n) is 2.99. The number of thioether (sulfide) groups is 1. The fourth-order valence-corrected chi connectivity index (χ4v) is 2.20. The van der Waals surface area contributed by atoms with Crippen molar-refractivity contribution in [1.29, 1.82) is 0 Å². The second kappa shape index (κ2) is 5.97. The smallest absolute Gasteiger partial charge is 0.326 e. The molecule has 0 aromatic heterocycles. The maximum atomic E-state index is 11.7. The quantitative estimate of drug-likeness (QED) is 0.724. The van der Waals surface area contributed by atoms with Crippen molar-refractivity contribution in [3.63, 3.8) is 0 Å². The van der Waals surface area contributed by atoms with Crippen LogP contribution in [0.4, 0.5) is 10.5 Å². The Morgan fingerprint density at radius 3 is 2.42 bits per heavy atom. The van der Waals surface area contributed by atoms with Gasteiger partial charge in [0.2, 0.25) is 0 Å². The summed E-state index contributed by atoms with van der Waals surface area (Å²) in [6, 6.07) is 6.11. The van der Waals surface area contributed by atoms with Crippen LogP contribution in [0.2, 0.25) is 0 Å². The lowest BCUT2D eigenvalue weighted by molar-refractivity contribution is -0.139. The maximum absolute atomic E-state index is 11.7. The monoisotopic (exact) mass is 280 g/mol. The van der Waals surface area contributed by atoms with Gasteiger partial charge in [0.15, 0.2) is 0 Å². The molecule has 0 spiro atoms. The minimum Gasteiger partial charge on any atom is -0.480 e. The van der Waals surface area contributed by atoms with E-state index in [-0.39, 0.29) is 5.92 Å². The van der Waals surface area contributed by atoms with Gasteiger partial charge in [-0.05, 0) is 49.3 Å². The minimum absolute atomic E-state index is 0.0714. The first-order chi connectivity index (χ1) is 9.10. The SMILES string of the molecule is CSc1ccc(NC(=O)NC(C(=O)O)C2CC2)cc1. The zero-order valence-electron chi connectivity index (χ0n) is 10.6. The first-order valence-electron chi connectivity index (χ1n) is 6.04. The highest BCUT2D eigenvalue weighted by molar-refractivity contribution is 7.98. The number of carbonyl (C=O) groups excluding carboxylic acids is 1. The Kier molecular flexibility index (Phi) is 4.31. The van der Waals surface area contributed by atoms with Gasteiger partial charge in [-0.2, -0.15) is 0 Å². The highest BCUT2D eigenvalue weighted by Crippen LogP contribution is 2.32. The summed E-state index contributed by atoms with van der Waals surface area (Å²) < 4.78 is 0. The van der Waals surface area contributed by atoms with Crippen molar-refractivity contribution in [2.75, 3.05) is 11.6 Å². The zero-order chi connectivity index (χ0) is 13.8. The Hall–Kier alpha value is -1.69. The average Bonchev–Trinajstić information content (AvgIpc) is 3.21. The molecule has 0 heterocycles. The summed E-state index contributed by atoms with van der Waals surface area (Å²) in [5.74, 6) is -0.905. The topological polar surface area (TPSA) is 78.4 Å². The van der Waals surface area contributed by atoms with E-state index in [1.54, 1.807) is 23.9 Å². The number of nitrogens with one attached hydrogen (secondary N) is 2. The molecule has 1 aromatic carbocycles. The molecule has 0 aliphatic heterocycles. The average molecular weight is 280 g/mol. The van der Waals surface area contributed by atoms with Crippen LogP contribution in [0.15, 0.2) is 29.2 Å². The number of amides is 2. The van der Waals surface area contributed by atoms with E-state index in [1.165, 1.54) is 0 Å². The number of hydrogen-bond acceptors (Lipinski definition) is 3. The van der Waals surface area contributed by atoms with Crippen molar-refractivity contribution in [3.05, 3.63) is 24.3 Å². The Labute approximate surface area is 115 Å². The van der Waals surface area contributed by atoms with Gasteiger partial charge in [0, 0.05) is 10.6 Å². The van der Waals surface area contributed by atoms with Crippen molar-refractivity contribution in [3.8, 4) is 0 Å². The van der Waals surface area contributed by atoms with Gasteiger partial charge < -0.3 is 15.7 Å². The zero-order valence-corrected chi connectivity index (χ0v) is 11.4. The number of urea groups is 1. The Bertz CT molecular complexity index is 471. The van der Waals surface area contributed by atoms with Gasteiger partial charge in [-0.1, -0.05) is 0 Å². The predicted octanol–water partition coefficient (Wildman–Crippen LogP) is 2.39. The van der Waals surface area contributed by atoms with E-state index in [9.17, 15) is 9.59 Å². The van der Waals surface area contributed by atoms with E-state index in [4.69, 9.17) is 5.11 Å². The third kappa shape index (κ3) is 3.89. The van der Waals surface area contributed by atoms with Crippen LogP contribution in [-0.2, 0) is 4.79 Å². The molecule has 1 fully saturated rings. The molecule has 102 valence electrons. The number of rotatable bonds is 5. The van der Waals surface area contributed by atoms with E-state index < -0.39 is 18.0 Å². The molecule has 2 rings (SSSR count). The van der Waals surface area contributed by atoms with E-state index >= 15 is 0 Å². The second-order valence-corrected chi connectivity index (χ2v) is 5.36. The molecule has 0 saturated heterocycles. The van der Waals surface area contributed by atoms with Gasteiger partial charge >= 0.3 is 12.0 Å². The number of hydrogen-bond donors (Lipinski definition) is 3. The predicted molar refractivity (Wildman–Crippen MR) is 74.5 cm³/mol. The van der Waals surface area contributed by atoms with Gasteiger partial charge in [-0.3, -0.25) is 0 Å². The van der Waals surface area contributed by atoms with E-state index in [0.717, 1.165) is 17.7 Å². The van der Waals surface area contributed by atoms with Crippen LogP contribution in [0, 0.1) is 5.92 Å². The first-order valence-corrected chi connectivity index (χ1v) is 7.27. The summed E-state index contributed by atoms with van der Waals surface area (Å²) in [6.45, 7) is 0. The number of aliphatic carboxylic acids is 1. The van der Waals surface area contributed by atoms with Gasteiger partial charge in [-0.25, -0.2) is 9.59 Å². The largest absolute Gasteiger partial charge is 0.480 e. The van der Waals surface area contributed by atoms with Gasteiger partial charge in [-0.15, -0.1) is 11.8 Å². The van der Waals surface area contributed by atoms with Crippen LogP contribution in [-0.4, -0.2) is 29.4 Å². The second-order valence-electron chi connectivity index (χ2n) is 4.48. The van der Waals surface area contributed by atoms with Crippen LogP contribution < -0.4 is 10.6 Å². The molecule has 2 amide bonds. The van der Waals surface area contributed by atoms with Gasteiger partial charge in [0.1, 0.15) is 6.04 Å². The van der Waals surface area contributed by atoms with E-state index in [1.807, 2.05) is 18.4 Å². The fourth-order valence-electron chi connectivity index (χ4n) is 1.79. The van der Waals surface area contributed by atoms with Crippen LogP contribution >= 0.6 is 11.8 Å². The lowest BCUT2D eigenvalue weighted by atomic mass is 10.2. The number of carboxylic acids is 1. The third-order valence-corrected chi connectivity index (χ3v) is 3.74. The lowest BCUT2D eigenvalue weighted by Crippen LogP contribution is -2.44. The molecule has 0 radical (unpaired) electrons. The molecule has 5 nitrogen and oxygen atoms in total. The standard InChI is InChI=1S/C13H16N2O3S/c1-19-10-6-4-9(5-7-10)14-13(18)15-11(12(16)17)8-2-3-8/h4-8,11H,2-3H2,1H3,(H,16,17)(H2,14,15,18). The highest BCUT2D eigenvalue weighted by Gasteiger charge is 2.37. The van der Waals surface area contributed by atoms with Crippen LogP contribution in [0.1, 0.15) is 12.8 Å². The molecular formula is C13H16N2O3S.